The second-order valence-corrected chi connectivity index (χ2v) is 7.95. The van der Waals surface area contributed by atoms with Crippen LogP contribution in [0.3, 0.4) is 0 Å². The molecule has 5 unspecified atom stereocenters. The van der Waals surface area contributed by atoms with Gasteiger partial charge in [0.05, 0.1) is 0 Å². The molecule has 0 spiro atoms. The predicted molar refractivity (Wildman–Crippen MR) is 87.9 cm³/mol. The van der Waals surface area contributed by atoms with Crippen molar-refractivity contribution in [3.05, 3.63) is 0 Å². The zero-order valence-corrected chi connectivity index (χ0v) is 14.4. The van der Waals surface area contributed by atoms with E-state index in [9.17, 15) is 0 Å². The second kappa shape index (κ2) is 7.26. The summed E-state index contributed by atoms with van der Waals surface area (Å²) >= 11 is 0. The zero-order valence-electron chi connectivity index (χ0n) is 14.4. The lowest BCUT2D eigenvalue weighted by molar-refractivity contribution is 0.0673. The van der Waals surface area contributed by atoms with E-state index in [1.165, 1.54) is 45.3 Å². The van der Waals surface area contributed by atoms with E-state index in [0.29, 0.717) is 6.04 Å². The Balaban J connectivity index is 1.95. The Kier molecular flexibility index (Phi) is 5.92. The Morgan fingerprint density at radius 1 is 1.20 bits per heavy atom. The van der Waals surface area contributed by atoms with Gasteiger partial charge in [-0.15, -0.1) is 0 Å². The van der Waals surface area contributed by atoms with Gasteiger partial charge in [-0.2, -0.15) is 0 Å². The Morgan fingerprint density at radius 3 is 2.50 bits per heavy atom. The third-order valence-electron chi connectivity index (χ3n) is 5.89. The van der Waals surface area contributed by atoms with Crippen LogP contribution in [0.15, 0.2) is 0 Å². The average molecular weight is 280 g/mol. The van der Waals surface area contributed by atoms with Gasteiger partial charge < -0.3 is 5.32 Å². The lowest BCUT2D eigenvalue weighted by Crippen LogP contribution is -2.60. The van der Waals surface area contributed by atoms with Crippen molar-refractivity contribution in [2.45, 2.75) is 72.4 Å². The first-order valence-corrected chi connectivity index (χ1v) is 8.98. The highest BCUT2D eigenvalue weighted by Crippen LogP contribution is 2.32. The van der Waals surface area contributed by atoms with Gasteiger partial charge in [-0.25, -0.2) is 0 Å². The summed E-state index contributed by atoms with van der Waals surface area (Å²) in [7, 11) is 0. The maximum Gasteiger partial charge on any atom is 0.0244 e. The number of hydrogen-bond donors (Lipinski definition) is 1. The molecule has 1 saturated carbocycles. The summed E-state index contributed by atoms with van der Waals surface area (Å²) in [6, 6.07) is 1.44. The molecule has 1 N–H and O–H groups in total. The van der Waals surface area contributed by atoms with Crippen LogP contribution in [0.4, 0.5) is 0 Å². The Hall–Kier alpha value is -0.0800. The van der Waals surface area contributed by atoms with E-state index in [4.69, 9.17) is 0 Å². The fraction of sp³-hybridized carbons (Fsp3) is 1.00. The van der Waals surface area contributed by atoms with Crippen molar-refractivity contribution in [1.29, 1.82) is 0 Å². The van der Waals surface area contributed by atoms with Crippen molar-refractivity contribution in [3.63, 3.8) is 0 Å². The molecule has 2 rings (SSSR count). The maximum absolute atomic E-state index is 3.82. The molecule has 0 radical (unpaired) electrons. The summed E-state index contributed by atoms with van der Waals surface area (Å²) in [6.45, 7) is 15.7. The van der Waals surface area contributed by atoms with Crippen molar-refractivity contribution in [3.8, 4) is 0 Å². The average Bonchev–Trinajstić information content (AvgIpc) is 2.82. The van der Waals surface area contributed by atoms with Crippen molar-refractivity contribution in [2.24, 2.45) is 23.7 Å². The van der Waals surface area contributed by atoms with E-state index in [2.05, 4.69) is 44.8 Å². The van der Waals surface area contributed by atoms with Crippen LogP contribution in [0.2, 0.25) is 0 Å². The number of hydrogen-bond acceptors (Lipinski definition) is 2. The SMILES string of the molecule is CCC(C)C1CN(CC2CCC(C)C2)C(C(C)C)CN1. The monoisotopic (exact) mass is 280 g/mol. The molecule has 0 amide bonds. The first-order chi connectivity index (χ1) is 9.51. The highest BCUT2D eigenvalue weighted by Gasteiger charge is 2.34. The molecule has 0 aromatic heterocycles. The molecule has 0 aromatic carbocycles. The van der Waals surface area contributed by atoms with Gasteiger partial charge in [-0.3, -0.25) is 4.90 Å². The fourth-order valence-electron chi connectivity index (χ4n) is 4.21. The first-order valence-electron chi connectivity index (χ1n) is 8.98. The van der Waals surface area contributed by atoms with Gasteiger partial charge in [-0.1, -0.05) is 47.5 Å². The van der Waals surface area contributed by atoms with Gasteiger partial charge in [0.1, 0.15) is 0 Å². The van der Waals surface area contributed by atoms with Crippen molar-refractivity contribution in [1.82, 2.24) is 10.2 Å². The fourth-order valence-corrected chi connectivity index (χ4v) is 4.21. The first kappa shape index (κ1) is 16.3. The number of nitrogens with one attached hydrogen (secondary N) is 1. The third-order valence-corrected chi connectivity index (χ3v) is 5.89. The highest BCUT2D eigenvalue weighted by atomic mass is 15.2. The van der Waals surface area contributed by atoms with Crippen LogP contribution in [0.1, 0.15) is 60.3 Å². The highest BCUT2D eigenvalue weighted by molar-refractivity contribution is 4.91. The summed E-state index contributed by atoms with van der Waals surface area (Å²) in [5.74, 6) is 3.49. The third kappa shape index (κ3) is 3.98. The quantitative estimate of drug-likeness (QED) is 0.825. The Morgan fingerprint density at radius 2 is 1.95 bits per heavy atom. The van der Waals surface area contributed by atoms with Crippen LogP contribution >= 0.6 is 0 Å². The minimum Gasteiger partial charge on any atom is -0.311 e. The summed E-state index contributed by atoms with van der Waals surface area (Å²) in [5.41, 5.74) is 0. The summed E-state index contributed by atoms with van der Waals surface area (Å²) in [6.07, 6.45) is 5.67. The molecule has 118 valence electrons. The van der Waals surface area contributed by atoms with Crippen molar-refractivity contribution < 1.29 is 0 Å². The number of nitrogens with zero attached hydrogens (tertiary/aromatic N) is 1. The number of rotatable bonds is 5. The van der Waals surface area contributed by atoms with Crippen LogP contribution in [0.5, 0.6) is 0 Å². The molecular formula is C18H36N2. The molecule has 1 aliphatic heterocycles. The molecule has 0 aromatic rings. The van der Waals surface area contributed by atoms with E-state index < -0.39 is 0 Å². The molecule has 2 nitrogen and oxygen atoms in total. The molecule has 2 aliphatic rings. The number of piperazine rings is 1. The summed E-state index contributed by atoms with van der Waals surface area (Å²) in [5, 5.41) is 3.82. The molecule has 2 heteroatoms. The van der Waals surface area contributed by atoms with Crippen molar-refractivity contribution >= 4 is 0 Å². The Bertz CT molecular complexity index is 287. The standard InChI is InChI=1S/C18H36N2/c1-6-15(5)17-12-20(18(10-19-17)13(2)3)11-16-8-7-14(4)9-16/h13-19H,6-12H2,1-5H3. The maximum atomic E-state index is 3.82. The van der Waals surface area contributed by atoms with E-state index in [1.807, 2.05) is 0 Å². The molecule has 1 heterocycles. The second-order valence-electron chi connectivity index (χ2n) is 7.95. The van der Waals surface area contributed by atoms with Gasteiger partial charge in [0.15, 0.2) is 0 Å². The van der Waals surface area contributed by atoms with E-state index in [0.717, 1.165) is 29.7 Å². The van der Waals surface area contributed by atoms with Gasteiger partial charge in [0, 0.05) is 31.7 Å². The molecule has 1 saturated heterocycles. The largest absolute Gasteiger partial charge is 0.311 e. The normalized spacial score (nSPS) is 37.5. The topological polar surface area (TPSA) is 15.3 Å². The zero-order chi connectivity index (χ0) is 14.7. The van der Waals surface area contributed by atoms with Crippen LogP contribution < -0.4 is 5.32 Å². The molecule has 0 bridgehead atoms. The summed E-state index contributed by atoms with van der Waals surface area (Å²) in [4.78, 5) is 2.83. The van der Waals surface area contributed by atoms with Gasteiger partial charge in [-0.05, 0) is 36.5 Å². The van der Waals surface area contributed by atoms with Gasteiger partial charge in [0.2, 0.25) is 0 Å². The van der Waals surface area contributed by atoms with E-state index in [-0.39, 0.29) is 0 Å². The van der Waals surface area contributed by atoms with Crippen LogP contribution in [0, 0.1) is 23.7 Å². The molecule has 20 heavy (non-hydrogen) atoms. The summed E-state index contributed by atoms with van der Waals surface area (Å²) < 4.78 is 0. The molecule has 5 atom stereocenters. The van der Waals surface area contributed by atoms with Crippen LogP contribution in [0.25, 0.3) is 0 Å². The molecule has 2 fully saturated rings. The van der Waals surface area contributed by atoms with Gasteiger partial charge >= 0.3 is 0 Å². The Labute approximate surface area is 126 Å². The van der Waals surface area contributed by atoms with E-state index >= 15 is 0 Å². The lowest BCUT2D eigenvalue weighted by Gasteiger charge is -2.45. The van der Waals surface area contributed by atoms with Crippen LogP contribution in [-0.2, 0) is 0 Å². The van der Waals surface area contributed by atoms with Gasteiger partial charge in [0.25, 0.3) is 0 Å². The lowest BCUT2D eigenvalue weighted by atomic mass is 9.91. The minimum atomic E-state index is 0.703. The van der Waals surface area contributed by atoms with Crippen molar-refractivity contribution in [2.75, 3.05) is 19.6 Å². The van der Waals surface area contributed by atoms with E-state index in [1.54, 1.807) is 0 Å². The minimum absolute atomic E-state index is 0.703. The smallest absolute Gasteiger partial charge is 0.0244 e. The molecular weight excluding hydrogens is 244 g/mol. The molecule has 1 aliphatic carbocycles. The predicted octanol–water partition coefficient (Wildman–Crippen LogP) is 3.77. The van der Waals surface area contributed by atoms with Crippen LogP contribution in [-0.4, -0.2) is 36.6 Å².